The molecule has 0 aliphatic carbocycles. The monoisotopic (exact) mass is 401 g/mol. The van der Waals surface area contributed by atoms with E-state index in [9.17, 15) is 19.2 Å². The molecule has 0 aromatic heterocycles. The second-order valence-electron chi connectivity index (χ2n) is 6.69. The van der Waals surface area contributed by atoms with Crippen molar-refractivity contribution in [2.75, 3.05) is 4.90 Å². The number of hydrogen-bond acceptors (Lipinski definition) is 5. The van der Waals surface area contributed by atoms with Crippen LogP contribution in [0.1, 0.15) is 48.4 Å². The number of carbonyl (C=O) groups excluding carboxylic acids is 3. The fraction of sp³-hybridized carbons (Fsp3) is 0.0435. The van der Waals surface area contributed by atoms with E-state index in [1.165, 1.54) is 43.3 Å². The molecule has 0 saturated carbocycles. The maximum atomic E-state index is 12.9. The molecule has 30 heavy (non-hydrogen) atoms. The van der Waals surface area contributed by atoms with Crippen LogP contribution in [0.5, 0.6) is 11.5 Å². The average Bonchev–Trinajstić information content (AvgIpc) is 2.98. The van der Waals surface area contributed by atoms with Crippen molar-refractivity contribution >= 4 is 29.3 Å². The fourth-order valence-electron chi connectivity index (χ4n) is 3.16. The van der Waals surface area contributed by atoms with Gasteiger partial charge in [0.25, 0.3) is 11.8 Å². The van der Waals surface area contributed by atoms with Gasteiger partial charge in [0.15, 0.2) is 5.78 Å². The number of carbonyl (C=O) groups is 4. The normalized spacial score (nSPS) is 12.6. The van der Waals surface area contributed by atoms with E-state index >= 15 is 0 Å². The number of carboxylic acids is 1. The summed E-state index contributed by atoms with van der Waals surface area (Å²) >= 11 is 0. The third kappa shape index (κ3) is 3.33. The molecule has 1 heterocycles. The molecule has 0 spiro atoms. The van der Waals surface area contributed by atoms with Crippen molar-refractivity contribution < 1.29 is 29.0 Å². The number of ketones is 1. The third-order valence-electron chi connectivity index (χ3n) is 4.73. The van der Waals surface area contributed by atoms with Crippen molar-refractivity contribution in [1.82, 2.24) is 0 Å². The Kier molecular flexibility index (Phi) is 4.63. The summed E-state index contributed by atoms with van der Waals surface area (Å²) in [7, 11) is 0. The summed E-state index contributed by atoms with van der Waals surface area (Å²) < 4.78 is 5.69. The number of hydrogen-bond donors (Lipinski definition) is 1. The molecule has 3 aromatic rings. The van der Waals surface area contributed by atoms with Crippen LogP contribution < -0.4 is 9.64 Å². The van der Waals surface area contributed by atoms with Crippen LogP contribution in [0.4, 0.5) is 5.69 Å². The number of imide groups is 1. The van der Waals surface area contributed by atoms with Crippen molar-refractivity contribution in [3.8, 4) is 11.5 Å². The number of benzene rings is 3. The predicted molar refractivity (Wildman–Crippen MR) is 108 cm³/mol. The van der Waals surface area contributed by atoms with E-state index in [0.717, 1.165) is 4.90 Å². The summed E-state index contributed by atoms with van der Waals surface area (Å²) in [4.78, 5) is 49.0. The molecule has 1 N–H and O–H groups in total. The van der Waals surface area contributed by atoms with Crippen molar-refractivity contribution in [3.63, 3.8) is 0 Å². The van der Waals surface area contributed by atoms with Gasteiger partial charge in [-0.05, 0) is 73.7 Å². The topological polar surface area (TPSA) is 101 Å². The number of nitrogens with zero attached hydrogens (tertiary/aromatic N) is 1. The molecular weight excluding hydrogens is 386 g/mol. The Bertz CT molecular complexity index is 1200. The summed E-state index contributed by atoms with van der Waals surface area (Å²) in [6, 6.07) is 16.6. The second-order valence-corrected chi connectivity index (χ2v) is 6.69. The smallest absolute Gasteiger partial charge is 0.335 e. The van der Waals surface area contributed by atoms with Gasteiger partial charge in [-0.2, -0.15) is 0 Å². The Hall–Kier alpha value is -4.26. The quantitative estimate of drug-likeness (QED) is 0.508. The average molecular weight is 401 g/mol. The molecule has 1 aliphatic rings. The molecule has 0 fully saturated rings. The van der Waals surface area contributed by atoms with Gasteiger partial charge in [-0.15, -0.1) is 0 Å². The van der Waals surface area contributed by atoms with Gasteiger partial charge in [0.05, 0.1) is 22.4 Å². The minimum absolute atomic E-state index is 0.109. The number of rotatable bonds is 5. The van der Waals surface area contributed by atoms with E-state index in [-0.39, 0.29) is 22.5 Å². The molecule has 7 heteroatoms. The molecule has 7 nitrogen and oxygen atoms in total. The first-order chi connectivity index (χ1) is 14.3. The van der Waals surface area contributed by atoms with Crippen molar-refractivity contribution in [2.45, 2.75) is 6.92 Å². The standard InChI is InChI=1S/C23H15NO6/c1-13(25)14-2-6-16(7-3-14)24-21(26)19-11-10-18(12-20(19)22(24)27)30-17-8-4-15(5-9-17)23(28)29/h2-12H,1H3,(H,28,29). The molecule has 0 atom stereocenters. The minimum atomic E-state index is -1.04. The van der Waals surface area contributed by atoms with Gasteiger partial charge >= 0.3 is 5.97 Å². The van der Waals surface area contributed by atoms with Gasteiger partial charge in [0, 0.05) is 5.56 Å². The Labute approximate surface area is 171 Å². The lowest BCUT2D eigenvalue weighted by atomic mass is 10.1. The predicted octanol–water partition coefficient (Wildman–Crippen LogP) is 4.18. The number of carboxylic acid groups (broad SMARTS) is 1. The zero-order chi connectivity index (χ0) is 21.4. The first-order valence-electron chi connectivity index (χ1n) is 9.00. The number of fused-ring (bicyclic) bond motifs is 1. The highest BCUT2D eigenvalue weighted by Crippen LogP contribution is 2.32. The molecule has 0 bridgehead atoms. The molecule has 148 valence electrons. The largest absolute Gasteiger partial charge is 0.478 e. The fourth-order valence-corrected chi connectivity index (χ4v) is 3.16. The Morgan fingerprint density at radius 2 is 1.33 bits per heavy atom. The summed E-state index contributed by atoms with van der Waals surface area (Å²) in [6.07, 6.45) is 0. The SMILES string of the molecule is CC(=O)c1ccc(N2C(=O)c3ccc(Oc4ccc(C(=O)O)cc4)cc3C2=O)cc1. The first-order valence-corrected chi connectivity index (χ1v) is 9.00. The molecule has 1 aliphatic heterocycles. The van der Waals surface area contributed by atoms with Crippen LogP contribution in [-0.2, 0) is 0 Å². The Morgan fingerprint density at radius 1 is 0.767 bits per heavy atom. The summed E-state index contributed by atoms with van der Waals surface area (Å²) in [6.45, 7) is 1.44. The maximum Gasteiger partial charge on any atom is 0.335 e. The molecular formula is C23H15NO6. The van der Waals surface area contributed by atoms with E-state index in [0.29, 0.717) is 22.7 Å². The van der Waals surface area contributed by atoms with E-state index in [2.05, 4.69) is 0 Å². The van der Waals surface area contributed by atoms with E-state index < -0.39 is 17.8 Å². The van der Waals surface area contributed by atoms with Crippen LogP contribution in [-0.4, -0.2) is 28.7 Å². The van der Waals surface area contributed by atoms with Gasteiger partial charge in [-0.3, -0.25) is 14.4 Å². The van der Waals surface area contributed by atoms with E-state index in [4.69, 9.17) is 9.84 Å². The molecule has 0 saturated heterocycles. The Morgan fingerprint density at radius 3 is 1.93 bits per heavy atom. The summed E-state index contributed by atoms with van der Waals surface area (Å²) in [5, 5.41) is 8.95. The van der Waals surface area contributed by atoms with E-state index in [1.54, 1.807) is 30.3 Å². The summed E-state index contributed by atoms with van der Waals surface area (Å²) in [5.41, 5.74) is 1.45. The molecule has 3 aromatic carbocycles. The lowest BCUT2D eigenvalue weighted by Gasteiger charge is -2.13. The molecule has 2 amide bonds. The van der Waals surface area contributed by atoms with Gasteiger partial charge in [0.2, 0.25) is 0 Å². The van der Waals surface area contributed by atoms with Crippen LogP contribution in [0.25, 0.3) is 0 Å². The molecule has 0 radical (unpaired) electrons. The molecule has 0 unspecified atom stereocenters. The van der Waals surface area contributed by atoms with Gasteiger partial charge in [0.1, 0.15) is 11.5 Å². The highest BCUT2D eigenvalue weighted by molar-refractivity contribution is 6.34. The van der Waals surface area contributed by atoms with Crippen LogP contribution in [0.2, 0.25) is 0 Å². The maximum absolute atomic E-state index is 12.9. The number of Topliss-reactive ketones (excluding diaryl/α,β-unsaturated/α-hetero) is 1. The number of ether oxygens (including phenoxy) is 1. The highest BCUT2D eigenvalue weighted by atomic mass is 16.5. The van der Waals surface area contributed by atoms with Gasteiger partial charge in [-0.25, -0.2) is 9.69 Å². The van der Waals surface area contributed by atoms with Crippen LogP contribution in [0.15, 0.2) is 66.7 Å². The first kappa shape index (κ1) is 19.1. The molecule has 4 rings (SSSR count). The second kappa shape index (κ2) is 7.29. The van der Waals surface area contributed by atoms with Crippen LogP contribution in [0.3, 0.4) is 0 Å². The number of anilines is 1. The van der Waals surface area contributed by atoms with E-state index in [1.807, 2.05) is 0 Å². The zero-order valence-corrected chi connectivity index (χ0v) is 15.8. The van der Waals surface area contributed by atoms with Crippen LogP contribution >= 0.6 is 0 Å². The van der Waals surface area contributed by atoms with Gasteiger partial charge in [-0.1, -0.05) is 0 Å². The Balaban J connectivity index is 1.60. The number of amides is 2. The van der Waals surface area contributed by atoms with Crippen molar-refractivity contribution in [3.05, 3.63) is 89.0 Å². The minimum Gasteiger partial charge on any atom is -0.478 e. The van der Waals surface area contributed by atoms with Crippen molar-refractivity contribution in [1.29, 1.82) is 0 Å². The zero-order valence-electron chi connectivity index (χ0n) is 15.8. The van der Waals surface area contributed by atoms with Crippen LogP contribution in [0, 0.1) is 0 Å². The lowest BCUT2D eigenvalue weighted by Crippen LogP contribution is -2.29. The summed E-state index contributed by atoms with van der Waals surface area (Å²) in [5.74, 6) is -1.36. The number of aromatic carboxylic acids is 1. The van der Waals surface area contributed by atoms with Crippen molar-refractivity contribution in [2.24, 2.45) is 0 Å². The van der Waals surface area contributed by atoms with Gasteiger partial charge < -0.3 is 9.84 Å². The third-order valence-corrected chi connectivity index (χ3v) is 4.73. The lowest BCUT2D eigenvalue weighted by molar-refractivity contribution is 0.0696. The highest BCUT2D eigenvalue weighted by Gasteiger charge is 2.37.